The van der Waals surface area contributed by atoms with Gasteiger partial charge < -0.3 is 20.4 Å². The Kier molecular flexibility index (Phi) is 9.21. The number of alkyl halides is 3. The Bertz CT molecular complexity index is 1550. The summed E-state index contributed by atoms with van der Waals surface area (Å²) in [6, 6.07) is 11.2. The standard InChI is InChI=1S/C19H15FN2O4.C10H12F3N3/c1-10-15(18(23)24)7-4-12(16(10)19(25)26)8-13-9-21-22-17(13)11-2-5-14(20)6-3-11;11-10(12,13)8-1-2-9(15-7-8)16-5-3-14-4-6-16/h2-7,9H,8H2,1H3,(H,21,22)(H,23,24)(H,25,26);1-2,7,14H,3-6H2. The smallest absolute Gasteiger partial charge is 0.417 e. The molecule has 0 unspecified atom stereocenters. The summed E-state index contributed by atoms with van der Waals surface area (Å²) in [7, 11) is 0. The largest absolute Gasteiger partial charge is 0.478 e. The molecule has 0 bridgehead atoms. The monoisotopic (exact) mass is 585 g/mol. The number of carbonyl (C=O) groups is 2. The molecule has 0 radical (unpaired) electrons. The Morgan fingerprint density at radius 3 is 2.21 bits per heavy atom. The van der Waals surface area contributed by atoms with Crippen molar-refractivity contribution in [3.8, 4) is 11.3 Å². The summed E-state index contributed by atoms with van der Waals surface area (Å²) < 4.78 is 50.0. The molecule has 0 aliphatic carbocycles. The minimum atomic E-state index is -4.31. The van der Waals surface area contributed by atoms with Gasteiger partial charge in [-0.3, -0.25) is 5.10 Å². The molecule has 1 saturated heterocycles. The lowest BCUT2D eigenvalue weighted by molar-refractivity contribution is -0.137. The molecule has 1 fully saturated rings. The van der Waals surface area contributed by atoms with Gasteiger partial charge in [-0.1, -0.05) is 6.07 Å². The van der Waals surface area contributed by atoms with Crippen LogP contribution in [-0.2, 0) is 12.6 Å². The van der Waals surface area contributed by atoms with Gasteiger partial charge in [0.05, 0.1) is 22.4 Å². The lowest BCUT2D eigenvalue weighted by atomic mass is 9.92. The van der Waals surface area contributed by atoms with Crippen LogP contribution < -0.4 is 10.2 Å². The summed E-state index contributed by atoms with van der Waals surface area (Å²) in [5.41, 5.74) is 1.90. The highest BCUT2D eigenvalue weighted by Crippen LogP contribution is 2.30. The fraction of sp³-hybridized carbons (Fsp3) is 0.241. The summed E-state index contributed by atoms with van der Waals surface area (Å²) >= 11 is 0. The van der Waals surface area contributed by atoms with E-state index in [0.717, 1.165) is 44.0 Å². The number of hydrogen-bond donors (Lipinski definition) is 4. The van der Waals surface area contributed by atoms with Crippen LogP contribution in [0.25, 0.3) is 11.3 Å². The third-order valence-electron chi connectivity index (χ3n) is 6.73. The van der Waals surface area contributed by atoms with Crippen LogP contribution in [0.5, 0.6) is 0 Å². The van der Waals surface area contributed by atoms with Crippen molar-refractivity contribution >= 4 is 17.8 Å². The molecule has 0 atom stereocenters. The van der Waals surface area contributed by atoms with Crippen molar-refractivity contribution in [2.75, 3.05) is 31.1 Å². The Hall–Kier alpha value is -4.78. The molecule has 1 aliphatic rings. The molecule has 5 rings (SSSR count). The van der Waals surface area contributed by atoms with Crippen LogP contribution >= 0.6 is 0 Å². The third-order valence-corrected chi connectivity index (χ3v) is 6.73. The number of anilines is 1. The minimum Gasteiger partial charge on any atom is -0.478 e. The zero-order chi connectivity index (χ0) is 30.4. The molecule has 4 aromatic rings. The van der Waals surface area contributed by atoms with Crippen LogP contribution in [0.3, 0.4) is 0 Å². The van der Waals surface area contributed by atoms with E-state index >= 15 is 0 Å². The van der Waals surface area contributed by atoms with Crippen molar-refractivity contribution in [2.24, 2.45) is 0 Å². The average Bonchev–Trinajstić information content (AvgIpc) is 3.41. The second-order valence-corrected chi connectivity index (χ2v) is 9.47. The van der Waals surface area contributed by atoms with Crippen LogP contribution in [0, 0.1) is 12.7 Å². The van der Waals surface area contributed by atoms with E-state index in [0.29, 0.717) is 22.6 Å². The Morgan fingerprint density at radius 1 is 0.952 bits per heavy atom. The fourth-order valence-corrected chi connectivity index (χ4v) is 4.59. The van der Waals surface area contributed by atoms with Crippen molar-refractivity contribution in [1.82, 2.24) is 20.5 Å². The number of carboxylic acid groups (broad SMARTS) is 2. The summed E-state index contributed by atoms with van der Waals surface area (Å²) in [5, 5.41) is 28.8. The van der Waals surface area contributed by atoms with Gasteiger partial charge in [0.15, 0.2) is 0 Å². The molecule has 9 nitrogen and oxygen atoms in total. The normalized spacial score (nSPS) is 13.3. The zero-order valence-corrected chi connectivity index (χ0v) is 22.4. The number of aromatic nitrogens is 3. The Labute approximate surface area is 237 Å². The van der Waals surface area contributed by atoms with E-state index < -0.39 is 23.7 Å². The maximum Gasteiger partial charge on any atom is 0.417 e. The topological polar surface area (TPSA) is 131 Å². The molecule has 4 N–H and O–H groups in total. The highest BCUT2D eigenvalue weighted by atomic mass is 19.4. The number of carboxylic acids is 2. The number of aromatic carboxylic acids is 2. The zero-order valence-electron chi connectivity index (χ0n) is 22.4. The van der Waals surface area contributed by atoms with Gasteiger partial charge in [-0.05, 0) is 60.5 Å². The van der Waals surface area contributed by atoms with Gasteiger partial charge in [-0.15, -0.1) is 0 Å². The minimum absolute atomic E-state index is 0.0313. The first-order chi connectivity index (χ1) is 20.0. The number of rotatable bonds is 6. The first-order valence-corrected chi connectivity index (χ1v) is 12.8. The van der Waals surface area contributed by atoms with Crippen molar-refractivity contribution in [1.29, 1.82) is 0 Å². The summed E-state index contributed by atoms with van der Waals surface area (Å²) in [5.74, 6) is -2.12. The van der Waals surface area contributed by atoms with Crippen LogP contribution in [-0.4, -0.2) is 63.5 Å². The summed E-state index contributed by atoms with van der Waals surface area (Å²) in [4.78, 5) is 28.7. The molecule has 220 valence electrons. The molecule has 42 heavy (non-hydrogen) atoms. The van der Waals surface area contributed by atoms with E-state index in [1.807, 2.05) is 4.90 Å². The van der Waals surface area contributed by atoms with Gasteiger partial charge in [0, 0.05) is 56.1 Å². The van der Waals surface area contributed by atoms with Gasteiger partial charge in [0.1, 0.15) is 11.6 Å². The lowest BCUT2D eigenvalue weighted by Crippen LogP contribution is -2.43. The molecule has 0 saturated carbocycles. The van der Waals surface area contributed by atoms with Crippen LogP contribution in [0.4, 0.5) is 23.4 Å². The molecule has 0 amide bonds. The van der Waals surface area contributed by atoms with Crippen LogP contribution in [0.2, 0.25) is 0 Å². The average molecular weight is 586 g/mol. The Balaban J connectivity index is 0.000000216. The van der Waals surface area contributed by atoms with Crippen molar-refractivity contribution < 1.29 is 37.4 Å². The second kappa shape index (κ2) is 12.8. The highest BCUT2D eigenvalue weighted by molar-refractivity contribution is 5.97. The van der Waals surface area contributed by atoms with Gasteiger partial charge >= 0.3 is 18.1 Å². The second-order valence-electron chi connectivity index (χ2n) is 9.47. The van der Waals surface area contributed by atoms with Crippen LogP contribution in [0.1, 0.15) is 43.0 Å². The lowest BCUT2D eigenvalue weighted by Gasteiger charge is -2.28. The van der Waals surface area contributed by atoms with Gasteiger partial charge in [0.2, 0.25) is 0 Å². The Morgan fingerprint density at radius 2 is 1.64 bits per heavy atom. The molecule has 2 aromatic carbocycles. The van der Waals surface area contributed by atoms with Gasteiger partial charge in [-0.2, -0.15) is 18.3 Å². The SMILES string of the molecule is Cc1c(C(=O)O)ccc(Cc2c[nH]nc2-c2ccc(F)cc2)c1C(=O)O.FC(F)(F)c1ccc(N2CCNCC2)nc1. The predicted octanol–water partition coefficient (Wildman–Crippen LogP) is 5.02. The van der Waals surface area contributed by atoms with Gasteiger partial charge in [-0.25, -0.2) is 19.0 Å². The first-order valence-electron chi connectivity index (χ1n) is 12.8. The molecule has 1 aliphatic heterocycles. The summed E-state index contributed by atoms with van der Waals surface area (Å²) in [6.45, 7) is 4.70. The summed E-state index contributed by atoms with van der Waals surface area (Å²) in [6.07, 6.45) is -1.54. The predicted molar refractivity (Wildman–Crippen MR) is 146 cm³/mol. The number of halogens is 4. The van der Waals surface area contributed by atoms with E-state index in [2.05, 4.69) is 20.5 Å². The number of pyridine rings is 1. The molecule has 13 heteroatoms. The van der Waals surface area contributed by atoms with Crippen LogP contribution in [0.15, 0.2) is 60.9 Å². The molecule has 0 spiro atoms. The number of nitrogens with zero attached hydrogens (tertiary/aromatic N) is 3. The van der Waals surface area contributed by atoms with E-state index in [4.69, 9.17) is 0 Å². The maximum atomic E-state index is 13.1. The van der Waals surface area contributed by atoms with E-state index in [1.54, 1.807) is 18.3 Å². The van der Waals surface area contributed by atoms with E-state index in [1.165, 1.54) is 37.3 Å². The molecular weight excluding hydrogens is 558 g/mol. The number of H-pyrrole nitrogens is 1. The number of benzene rings is 2. The van der Waals surface area contributed by atoms with E-state index in [-0.39, 0.29) is 28.9 Å². The molecule has 3 heterocycles. The third kappa shape index (κ3) is 7.10. The number of piperazine rings is 1. The molecular formula is C29H27F4N5O4. The van der Waals surface area contributed by atoms with Crippen molar-refractivity contribution in [3.05, 3.63) is 100 Å². The van der Waals surface area contributed by atoms with Gasteiger partial charge in [0.25, 0.3) is 0 Å². The number of hydrogen-bond acceptors (Lipinski definition) is 6. The van der Waals surface area contributed by atoms with Crippen molar-refractivity contribution in [2.45, 2.75) is 19.5 Å². The fourth-order valence-electron chi connectivity index (χ4n) is 4.59. The first kappa shape index (κ1) is 30.2. The highest BCUT2D eigenvalue weighted by Gasteiger charge is 2.31. The van der Waals surface area contributed by atoms with Crippen molar-refractivity contribution in [3.63, 3.8) is 0 Å². The molecule has 2 aromatic heterocycles. The van der Waals surface area contributed by atoms with E-state index in [9.17, 15) is 37.4 Å². The quantitative estimate of drug-likeness (QED) is 0.232. The maximum absolute atomic E-state index is 13.1. The number of nitrogens with one attached hydrogen (secondary N) is 2. The number of aromatic amines is 1.